The van der Waals surface area contributed by atoms with Gasteiger partial charge >= 0.3 is 0 Å². The average molecular weight is 338 g/mol. The maximum Gasteiger partial charge on any atom is 0.160 e. The molecule has 130 valence electrons. The van der Waals surface area contributed by atoms with Crippen molar-refractivity contribution in [3.8, 4) is 11.8 Å². The molecule has 1 aliphatic rings. The topological polar surface area (TPSA) is 0 Å². The zero-order chi connectivity index (χ0) is 17.6. The lowest BCUT2D eigenvalue weighted by molar-refractivity contribution is 0.308. The molecular weight excluding hydrogens is 314 g/mol. The maximum absolute atomic E-state index is 13.2. The van der Waals surface area contributed by atoms with E-state index in [2.05, 4.69) is 30.9 Å². The Morgan fingerprint density at radius 3 is 2.12 bits per heavy atom. The van der Waals surface area contributed by atoms with Gasteiger partial charge in [-0.2, -0.15) is 0 Å². The molecule has 0 nitrogen and oxygen atoms in total. The van der Waals surface area contributed by atoms with Crippen LogP contribution in [0.15, 0.2) is 42.5 Å². The quantitative estimate of drug-likeness (QED) is 0.565. The Morgan fingerprint density at radius 1 is 0.840 bits per heavy atom. The van der Waals surface area contributed by atoms with Gasteiger partial charge in [0, 0.05) is 11.1 Å². The van der Waals surface area contributed by atoms with E-state index in [1.165, 1.54) is 50.2 Å². The Labute approximate surface area is 149 Å². The van der Waals surface area contributed by atoms with Crippen LogP contribution in [0.25, 0.3) is 0 Å². The lowest BCUT2D eigenvalue weighted by Gasteiger charge is -2.28. The van der Waals surface area contributed by atoms with Crippen LogP contribution >= 0.6 is 0 Å². The molecule has 0 unspecified atom stereocenters. The second-order valence-electron chi connectivity index (χ2n) is 7.01. The number of hydrogen-bond donors (Lipinski definition) is 0. The number of rotatable bonds is 3. The van der Waals surface area contributed by atoms with Crippen molar-refractivity contribution in [2.75, 3.05) is 0 Å². The van der Waals surface area contributed by atoms with Crippen LogP contribution in [0.3, 0.4) is 0 Å². The lowest BCUT2D eigenvalue weighted by Crippen LogP contribution is -2.13. The molecule has 1 aliphatic carbocycles. The lowest BCUT2D eigenvalue weighted by atomic mass is 9.77. The summed E-state index contributed by atoms with van der Waals surface area (Å²) in [5.74, 6) is 5.80. The summed E-state index contributed by atoms with van der Waals surface area (Å²) in [6.45, 7) is 2.27. The molecule has 0 bridgehead atoms. The Morgan fingerprint density at radius 2 is 1.48 bits per heavy atom. The van der Waals surface area contributed by atoms with Gasteiger partial charge in [0.05, 0.1) is 0 Å². The smallest absolute Gasteiger partial charge is 0.160 e. The zero-order valence-corrected chi connectivity index (χ0v) is 14.7. The van der Waals surface area contributed by atoms with E-state index in [0.29, 0.717) is 11.5 Å². The molecule has 0 spiro atoms. The molecule has 0 amide bonds. The van der Waals surface area contributed by atoms with Gasteiger partial charge in [-0.15, -0.1) is 0 Å². The Hall–Kier alpha value is -2.14. The van der Waals surface area contributed by atoms with Gasteiger partial charge in [-0.25, -0.2) is 8.78 Å². The summed E-state index contributed by atoms with van der Waals surface area (Å²) in [5.41, 5.74) is 2.78. The van der Waals surface area contributed by atoms with Gasteiger partial charge in [-0.05, 0) is 73.4 Å². The van der Waals surface area contributed by atoms with Crippen LogP contribution in [0.4, 0.5) is 8.78 Å². The van der Waals surface area contributed by atoms with Gasteiger partial charge in [-0.1, -0.05) is 43.7 Å². The summed E-state index contributed by atoms with van der Waals surface area (Å²) >= 11 is 0. The number of halogens is 2. The van der Waals surface area contributed by atoms with Gasteiger partial charge in [-0.3, -0.25) is 0 Å². The van der Waals surface area contributed by atoms with Crippen molar-refractivity contribution < 1.29 is 8.78 Å². The summed E-state index contributed by atoms with van der Waals surface area (Å²) < 4.78 is 26.1. The fraction of sp³-hybridized carbons (Fsp3) is 0.391. The van der Waals surface area contributed by atoms with Gasteiger partial charge in [0.15, 0.2) is 11.6 Å². The minimum atomic E-state index is -0.860. The van der Waals surface area contributed by atoms with Crippen molar-refractivity contribution in [3.05, 3.63) is 70.8 Å². The Balaban J connectivity index is 1.63. The predicted molar refractivity (Wildman–Crippen MR) is 98.4 cm³/mol. The molecule has 1 fully saturated rings. The third-order valence-corrected chi connectivity index (χ3v) is 5.20. The first-order valence-corrected chi connectivity index (χ1v) is 9.22. The molecule has 1 saturated carbocycles. The highest BCUT2D eigenvalue weighted by molar-refractivity contribution is 5.44. The molecule has 2 heteroatoms. The van der Waals surface area contributed by atoms with E-state index in [1.807, 2.05) is 12.1 Å². The molecule has 0 saturated heterocycles. The van der Waals surface area contributed by atoms with E-state index in [-0.39, 0.29) is 0 Å². The van der Waals surface area contributed by atoms with Crippen LogP contribution in [-0.2, 0) is 0 Å². The molecule has 0 radical (unpaired) electrons. The molecule has 3 rings (SSSR count). The van der Waals surface area contributed by atoms with E-state index in [0.717, 1.165) is 23.6 Å². The van der Waals surface area contributed by atoms with E-state index in [1.54, 1.807) is 0 Å². The molecular formula is C23H24F2. The van der Waals surface area contributed by atoms with Gasteiger partial charge < -0.3 is 0 Å². The fourth-order valence-corrected chi connectivity index (χ4v) is 3.75. The Kier molecular flexibility index (Phi) is 5.87. The van der Waals surface area contributed by atoms with Crippen LogP contribution < -0.4 is 0 Å². The van der Waals surface area contributed by atoms with E-state index < -0.39 is 11.6 Å². The van der Waals surface area contributed by atoms with Gasteiger partial charge in [0.2, 0.25) is 0 Å². The molecule has 2 aromatic rings. The van der Waals surface area contributed by atoms with Crippen LogP contribution in [0.2, 0.25) is 0 Å². The standard InChI is InChI=1S/C23H24F2/c1-2-3-17-6-11-20(12-7-17)21-13-8-18(9-14-21)4-5-19-10-15-22(24)23(25)16-19/h8-10,13-17,20H,2-3,6-7,11-12H2,1H3/t17-,20-. The first kappa shape index (κ1) is 17.7. The molecule has 2 aromatic carbocycles. The average Bonchev–Trinajstić information content (AvgIpc) is 2.64. The SMILES string of the molecule is CCC[C@H]1CC[C@H](c2ccc(C#Cc3ccc(F)c(F)c3)cc2)CC1. The van der Waals surface area contributed by atoms with Crippen LogP contribution in [-0.4, -0.2) is 0 Å². The third kappa shape index (κ3) is 4.69. The largest absolute Gasteiger partial charge is 0.204 e. The molecule has 25 heavy (non-hydrogen) atoms. The van der Waals surface area contributed by atoms with Crippen molar-refractivity contribution in [3.63, 3.8) is 0 Å². The van der Waals surface area contributed by atoms with E-state index >= 15 is 0 Å². The van der Waals surface area contributed by atoms with Crippen molar-refractivity contribution in [2.45, 2.75) is 51.4 Å². The number of benzene rings is 2. The molecule has 0 N–H and O–H groups in total. The summed E-state index contributed by atoms with van der Waals surface area (Å²) in [5, 5.41) is 0. The van der Waals surface area contributed by atoms with Crippen molar-refractivity contribution in [2.24, 2.45) is 5.92 Å². The van der Waals surface area contributed by atoms with E-state index in [9.17, 15) is 8.78 Å². The summed E-state index contributed by atoms with van der Waals surface area (Å²) in [4.78, 5) is 0. The van der Waals surface area contributed by atoms with Crippen LogP contribution in [0.1, 0.15) is 68.1 Å². The monoisotopic (exact) mass is 338 g/mol. The third-order valence-electron chi connectivity index (χ3n) is 5.20. The first-order valence-electron chi connectivity index (χ1n) is 9.22. The molecule has 0 aromatic heterocycles. The first-order chi connectivity index (χ1) is 12.2. The minimum absolute atomic E-state index is 0.484. The predicted octanol–water partition coefficient (Wildman–Crippen LogP) is 6.44. The second-order valence-corrected chi connectivity index (χ2v) is 7.01. The normalized spacial score (nSPS) is 20.0. The van der Waals surface area contributed by atoms with Crippen LogP contribution in [0, 0.1) is 29.4 Å². The number of hydrogen-bond acceptors (Lipinski definition) is 0. The van der Waals surface area contributed by atoms with Crippen LogP contribution in [0.5, 0.6) is 0 Å². The minimum Gasteiger partial charge on any atom is -0.204 e. The maximum atomic E-state index is 13.2. The van der Waals surface area contributed by atoms with E-state index in [4.69, 9.17) is 0 Å². The molecule has 0 heterocycles. The van der Waals surface area contributed by atoms with Crippen molar-refractivity contribution >= 4 is 0 Å². The van der Waals surface area contributed by atoms with Gasteiger partial charge in [0.25, 0.3) is 0 Å². The van der Waals surface area contributed by atoms with Crippen molar-refractivity contribution in [1.82, 2.24) is 0 Å². The van der Waals surface area contributed by atoms with Gasteiger partial charge in [0.1, 0.15) is 0 Å². The second kappa shape index (κ2) is 8.30. The zero-order valence-electron chi connectivity index (χ0n) is 14.7. The Bertz CT molecular complexity index is 757. The highest BCUT2D eigenvalue weighted by Crippen LogP contribution is 2.37. The summed E-state index contributed by atoms with van der Waals surface area (Å²) in [6, 6.07) is 12.1. The van der Waals surface area contributed by atoms with Crippen molar-refractivity contribution in [1.29, 1.82) is 0 Å². The molecule has 0 atom stereocenters. The fourth-order valence-electron chi connectivity index (χ4n) is 3.75. The summed E-state index contributed by atoms with van der Waals surface area (Å²) in [7, 11) is 0. The highest BCUT2D eigenvalue weighted by Gasteiger charge is 2.21. The highest BCUT2D eigenvalue weighted by atomic mass is 19.2. The molecule has 0 aliphatic heterocycles. The summed E-state index contributed by atoms with van der Waals surface area (Å²) in [6.07, 6.45) is 7.91.